The molecule has 106 valence electrons. The molecule has 1 aliphatic rings. The van der Waals surface area contributed by atoms with Crippen molar-refractivity contribution >= 4 is 8.07 Å². The van der Waals surface area contributed by atoms with Gasteiger partial charge in [0.25, 0.3) is 0 Å². The van der Waals surface area contributed by atoms with Crippen molar-refractivity contribution in [3.63, 3.8) is 0 Å². The Hall–Kier alpha value is -0.0831. The molecule has 0 amide bonds. The van der Waals surface area contributed by atoms with Gasteiger partial charge in [-0.15, -0.1) is 0 Å². The van der Waals surface area contributed by atoms with Gasteiger partial charge in [-0.3, -0.25) is 0 Å². The van der Waals surface area contributed by atoms with Gasteiger partial charge in [-0.1, -0.05) is 50.6 Å². The Morgan fingerprint density at radius 3 is 2.28 bits per heavy atom. The molecule has 0 aliphatic carbocycles. The monoisotopic (exact) mass is 267 g/mol. The lowest BCUT2D eigenvalue weighted by molar-refractivity contribution is 0.229. The number of piperidine rings is 1. The smallest absolute Gasteiger partial charge is 0.0568 e. The van der Waals surface area contributed by atoms with Crippen molar-refractivity contribution in [3.05, 3.63) is 12.2 Å². The molecule has 1 rings (SSSR count). The van der Waals surface area contributed by atoms with Gasteiger partial charge in [-0.25, -0.2) is 0 Å². The van der Waals surface area contributed by atoms with E-state index in [1.54, 1.807) is 6.04 Å². The molecule has 18 heavy (non-hydrogen) atoms. The molecule has 1 fully saturated rings. The van der Waals surface area contributed by atoms with Gasteiger partial charge in [0.2, 0.25) is 0 Å². The second kappa shape index (κ2) is 8.92. The molecule has 0 aromatic rings. The standard InChI is InChI=1S/C16H33NSi/c1-4-7-15-18(5-2,6-3)16-11-14-17-12-9-8-10-13-17/h4,7H,5-6,8-16H2,1-3H3/b7-4+. The zero-order valence-electron chi connectivity index (χ0n) is 12.9. The Morgan fingerprint density at radius 2 is 1.72 bits per heavy atom. The van der Waals surface area contributed by atoms with Gasteiger partial charge < -0.3 is 4.90 Å². The highest BCUT2D eigenvalue weighted by atomic mass is 28.3. The normalized spacial score (nSPS) is 18.6. The van der Waals surface area contributed by atoms with E-state index in [2.05, 4.69) is 37.8 Å². The zero-order chi connectivity index (χ0) is 13.3. The first-order valence-electron chi connectivity index (χ1n) is 8.10. The highest BCUT2D eigenvalue weighted by molar-refractivity contribution is 6.80. The second-order valence-electron chi connectivity index (χ2n) is 5.99. The van der Waals surface area contributed by atoms with Crippen LogP contribution in [0.1, 0.15) is 46.5 Å². The third-order valence-electron chi connectivity index (χ3n) is 4.92. The van der Waals surface area contributed by atoms with E-state index in [1.165, 1.54) is 63.4 Å². The average molecular weight is 268 g/mol. The van der Waals surface area contributed by atoms with Crippen molar-refractivity contribution in [1.29, 1.82) is 0 Å². The Labute approximate surface area is 116 Å². The summed E-state index contributed by atoms with van der Waals surface area (Å²) in [6.45, 7) is 11.1. The molecule has 0 unspecified atom stereocenters. The van der Waals surface area contributed by atoms with Crippen LogP contribution in [0.4, 0.5) is 0 Å². The zero-order valence-corrected chi connectivity index (χ0v) is 13.9. The number of likely N-dealkylation sites (tertiary alicyclic amines) is 1. The fourth-order valence-corrected chi connectivity index (χ4v) is 6.86. The maximum absolute atomic E-state index is 2.70. The maximum Gasteiger partial charge on any atom is 0.0568 e. The number of nitrogens with zero attached hydrogens (tertiary/aromatic N) is 1. The molecule has 1 heterocycles. The van der Waals surface area contributed by atoms with Crippen LogP contribution in [0.15, 0.2) is 12.2 Å². The minimum atomic E-state index is -0.962. The predicted molar refractivity (Wildman–Crippen MR) is 86.1 cm³/mol. The number of hydrogen-bond acceptors (Lipinski definition) is 1. The largest absolute Gasteiger partial charge is 0.303 e. The molecule has 0 aromatic heterocycles. The molecule has 1 nitrogen and oxygen atoms in total. The Morgan fingerprint density at radius 1 is 1.06 bits per heavy atom. The molecule has 0 aromatic carbocycles. The topological polar surface area (TPSA) is 3.24 Å². The molecule has 0 spiro atoms. The van der Waals surface area contributed by atoms with Crippen LogP contribution in [0.2, 0.25) is 24.2 Å². The fraction of sp³-hybridized carbons (Fsp3) is 0.875. The molecule has 2 heteroatoms. The van der Waals surface area contributed by atoms with E-state index in [-0.39, 0.29) is 0 Å². The summed E-state index contributed by atoms with van der Waals surface area (Å²) < 4.78 is 0. The van der Waals surface area contributed by atoms with Crippen molar-refractivity contribution in [3.8, 4) is 0 Å². The van der Waals surface area contributed by atoms with Crippen LogP contribution in [-0.4, -0.2) is 32.6 Å². The van der Waals surface area contributed by atoms with Gasteiger partial charge in [-0.2, -0.15) is 0 Å². The Kier molecular flexibility index (Phi) is 7.92. The lowest BCUT2D eigenvalue weighted by Gasteiger charge is -2.31. The van der Waals surface area contributed by atoms with E-state index in [9.17, 15) is 0 Å². The Bertz CT molecular complexity index is 227. The molecule has 0 radical (unpaired) electrons. The van der Waals surface area contributed by atoms with Crippen molar-refractivity contribution in [2.45, 2.75) is 70.6 Å². The quantitative estimate of drug-likeness (QED) is 0.445. The summed E-state index contributed by atoms with van der Waals surface area (Å²) in [6.07, 6.45) is 10.5. The van der Waals surface area contributed by atoms with Crippen LogP contribution < -0.4 is 0 Å². The molecule has 0 N–H and O–H groups in total. The molecule has 0 bridgehead atoms. The Balaban J connectivity index is 2.31. The first-order valence-corrected chi connectivity index (χ1v) is 10.9. The minimum Gasteiger partial charge on any atom is -0.303 e. The lowest BCUT2D eigenvalue weighted by Crippen LogP contribution is -2.35. The third-order valence-corrected chi connectivity index (χ3v) is 10.4. The van der Waals surface area contributed by atoms with Crippen LogP contribution in [0.3, 0.4) is 0 Å². The van der Waals surface area contributed by atoms with Gasteiger partial charge in [-0.05, 0) is 51.9 Å². The third kappa shape index (κ3) is 5.27. The van der Waals surface area contributed by atoms with Gasteiger partial charge in [0, 0.05) is 0 Å². The summed E-state index contributed by atoms with van der Waals surface area (Å²) in [4.78, 5) is 2.70. The summed E-state index contributed by atoms with van der Waals surface area (Å²) in [5, 5.41) is 0. The summed E-state index contributed by atoms with van der Waals surface area (Å²) >= 11 is 0. The van der Waals surface area contributed by atoms with Crippen molar-refractivity contribution in [1.82, 2.24) is 4.90 Å². The first-order chi connectivity index (χ1) is 8.76. The molecule has 1 aliphatic heterocycles. The number of hydrogen-bond donors (Lipinski definition) is 0. The van der Waals surface area contributed by atoms with E-state index in [0.29, 0.717) is 0 Å². The maximum atomic E-state index is 2.70. The molecule has 0 atom stereocenters. The van der Waals surface area contributed by atoms with Crippen LogP contribution in [0.25, 0.3) is 0 Å². The van der Waals surface area contributed by atoms with Crippen molar-refractivity contribution in [2.24, 2.45) is 0 Å². The van der Waals surface area contributed by atoms with Crippen LogP contribution in [0.5, 0.6) is 0 Å². The number of allylic oxidation sites excluding steroid dienone is 2. The van der Waals surface area contributed by atoms with Crippen LogP contribution >= 0.6 is 0 Å². The summed E-state index contributed by atoms with van der Waals surface area (Å²) in [5.41, 5.74) is 0. The molecular formula is C16H33NSi. The van der Waals surface area contributed by atoms with E-state index >= 15 is 0 Å². The molecule has 0 saturated carbocycles. The van der Waals surface area contributed by atoms with E-state index in [0.717, 1.165) is 0 Å². The van der Waals surface area contributed by atoms with Gasteiger partial charge in [0.1, 0.15) is 0 Å². The highest BCUT2D eigenvalue weighted by Gasteiger charge is 2.26. The lowest BCUT2D eigenvalue weighted by atomic mass is 10.1. The number of rotatable bonds is 8. The van der Waals surface area contributed by atoms with E-state index in [4.69, 9.17) is 0 Å². The minimum absolute atomic E-state index is 0.962. The first kappa shape index (κ1) is 16.0. The summed E-state index contributed by atoms with van der Waals surface area (Å²) in [7, 11) is -0.962. The van der Waals surface area contributed by atoms with Crippen molar-refractivity contribution in [2.75, 3.05) is 19.6 Å². The van der Waals surface area contributed by atoms with Gasteiger partial charge >= 0.3 is 0 Å². The molecular weight excluding hydrogens is 234 g/mol. The predicted octanol–water partition coefficient (Wildman–Crippen LogP) is 4.93. The van der Waals surface area contributed by atoms with Crippen LogP contribution in [-0.2, 0) is 0 Å². The van der Waals surface area contributed by atoms with Gasteiger partial charge in [0.05, 0.1) is 8.07 Å². The fourth-order valence-electron chi connectivity index (χ4n) is 3.22. The summed E-state index contributed by atoms with van der Waals surface area (Å²) in [6, 6.07) is 5.89. The van der Waals surface area contributed by atoms with E-state index in [1.807, 2.05) is 0 Å². The van der Waals surface area contributed by atoms with Gasteiger partial charge in [0.15, 0.2) is 0 Å². The second-order valence-corrected chi connectivity index (χ2v) is 11.3. The summed E-state index contributed by atoms with van der Waals surface area (Å²) in [5.74, 6) is 0. The average Bonchev–Trinajstić information content (AvgIpc) is 2.44. The highest BCUT2D eigenvalue weighted by Crippen LogP contribution is 2.27. The van der Waals surface area contributed by atoms with E-state index < -0.39 is 8.07 Å². The van der Waals surface area contributed by atoms with Crippen LogP contribution in [0, 0.1) is 0 Å². The van der Waals surface area contributed by atoms with Crippen molar-refractivity contribution < 1.29 is 0 Å². The SMILES string of the molecule is C/C=C/C[Si](CC)(CC)CCCN1CCCCC1. The molecule has 1 saturated heterocycles.